The van der Waals surface area contributed by atoms with Gasteiger partial charge in [0.25, 0.3) is 0 Å². The standard InChI is InChI=1S/C40H34O12/c41-21-29-22-47-23-30(29)32(42)34-36(52-40(46)28-19-11-4-12-20-28)35(51-39(45)27-17-9-3-10-18-27)33(50-38(44)26-15-7-2-8-16-26)31(49-34)24-48-37(43)25-13-5-1-6-14-25/h1-20,22-23,31-36,41-42H,21,24H2/t31-,32?,33-,34+,35+,36+/m1/s1. The highest BCUT2D eigenvalue weighted by molar-refractivity contribution is 5.91. The molecule has 0 bridgehead atoms. The molecule has 1 aromatic heterocycles. The first-order valence-electron chi connectivity index (χ1n) is 16.3. The van der Waals surface area contributed by atoms with E-state index in [-0.39, 0.29) is 33.4 Å². The summed E-state index contributed by atoms with van der Waals surface area (Å²) in [5.74, 6) is -3.33. The number of ether oxygens (including phenoxy) is 5. The molecule has 1 fully saturated rings. The van der Waals surface area contributed by atoms with E-state index in [0.717, 1.165) is 0 Å². The van der Waals surface area contributed by atoms with Crippen LogP contribution in [0.25, 0.3) is 0 Å². The van der Waals surface area contributed by atoms with Gasteiger partial charge in [0.05, 0.1) is 41.4 Å². The average molecular weight is 707 g/mol. The van der Waals surface area contributed by atoms with Gasteiger partial charge in [-0.2, -0.15) is 0 Å². The summed E-state index contributed by atoms with van der Waals surface area (Å²) in [6, 6.07) is 32.0. The number of benzene rings is 4. The highest BCUT2D eigenvalue weighted by Gasteiger charge is 2.55. The molecule has 5 aromatic rings. The lowest BCUT2D eigenvalue weighted by Crippen LogP contribution is -2.63. The van der Waals surface area contributed by atoms with Gasteiger partial charge in [-0.3, -0.25) is 0 Å². The molecule has 1 saturated heterocycles. The molecule has 12 nitrogen and oxygen atoms in total. The number of aliphatic hydroxyl groups is 2. The number of carbonyl (C=O) groups excluding carboxylic acids is 4. The summed E-state index contributed by atoms with van der Waals surface area (Å²) in [6.07, 6.45) is -7.08. The van der Waals surface area contributed by atoms with E-state index in [2.05, 4.69) is 0 Å². The van der Waals surface area contributed by atoms with Crippen LogP contribution in [0.5, 0.6) is 0 Å². The first kappa shape index (κ1) is 35.7. The van der Waals surface area contributed by atoms with Crippen molar-refractivity contribution in [2.45, 2.75) is 43.2 Å². The van der Waals surface area contributed by atoms with Crippen molar-refractivity contribution in [2.75, 3.05) is 6.61 Å². The molecule has 0 radical (unpaired) electrons. The molecule has 2 heterocycles. The van der Waals surface area contributed by atoms with Gasteiger partial charge in [-0.05, 0) is 48.5 Å². The zero-order valence-corrected chi connectivity index (χ0v) is 27.6. The van der Waals surface area contributed by atoms with Gasteiger partial charge in [0.2, 0.25) is 0 Å². The van der Waals surface area contributed by atoms with Gasteiger partial charge in [-0.15, -0.1) is 0 Å². The van der Waals surface area contributed by atoms with E-state index in [0.29, 0.717) is 0 Å². The average Bonchev–Trinajstić information content (AvgIpc) is 3.68. The Kier molecular flexibility index (Phi) is 11.5. The molecule has 2 N–H and O–H groups in total. The molecule has 1 unspecified atom stereocenters. The third-order valence-electron chi connectivity index (χ3n) is 8.39. The lowest BCUT2D eigenvalue weighted by atomic mass is 9.88. The molecular weight excluding hydrogens is 672 g/mol. The van der Waals surface area contributed by atoms with Crippen LogP contribution in [-0.2, 0) is 30.3 Å². The van der Waals surface area contributed by atoms with Crippen LogP contribution < -0.4 is 0 Å². The quantitative estimate of drug-likeness (QED) is 0.130. The fourth-order valence-corrected chi connectivity index (χ4v) is 5.75. The summed E-state index contributed by atoms with van der Waals surface area (Å²) in [5, 5.41) is 21.8. The molecule has 0 amide bonds. The summed E-state index contributed by atoms with van der Waals surface area (Å²) in [7, 11) is 0. The maximum absolute atomic E-state index is 13.7. The molecule has 0 spiro atoms. The Morgan fingerprint density at radius 1 is 0.577 bits per heavy atom. The first-order chi connectivity index (χ1) is 25.3. The van der Waals surface area contributed by atoms with Crippen molar-refractivity contribution in [3.05, 3.63) is 167 Å². The zero-order chi connectivity index (χ0) is 36.5. The number of carbonyl (C=O) groups is 4. The molecule has 0 aliphatic carbocycles. The Labute approximate surface area is 298 Å². The van der Waals surface area contributed by atoms with Crippen LogP contribution in [0.4, 0.5) is 0 Å². The first-order valence-corrected chi connectivity index (χ1v) is 16.3. The lowest BCUT2D eigenvalue weighted by molar-refractivity contribution is -0.249. The van der Waals surface area contributed by atoms with Gasteiger partial charge in [0, 0.05) is 11.1 Å². The van der Waals surface area contributed by atoms with Crippen LogP contribution in [0.15, 0.2) is 138 Å². The summed E-state index contributed by atoms with van der Waals surface area (Å²) >= 11 is 0. The summed E-state index contributed by atoms with van der Waals surface area (Å²) in [6.45, 7) is -1.08. The number of esters is 4. The van der Waals surface area contributed by atoms with E-state index in [9.17, 15) is 29.4 Å². The van der Waals surface area contributed by atoms with Crippen LogP contribution in [0, 0.1) is 0 Å². The Morgan fingerprint density at radius 2 is 1.00 bits per heavy atom. The fraction of sp³-hybridized carbons (Fsp3) is 0.200. The minimum atomic E-state index is -1.68. The normalized spacial score (nSPS) is 20.2. The predicted octanol–water partition coefficient (Wildman–Crippen LogP) is 5.11. The zero-order valence-electron chi connectivity index (χ0n) is 27.6. The van der Waals surface area contributed by atoms with Crippen molar-refractivity contribution in [3.8, 4) is 0 Å². The van der Waals surface area contributed by atoms with Crippen molar-refractivity contribution in [1.82, 2.24) is 0 Å². The SMILES string of the molecule is O=C(OC[C@H]1O[C@@H](C(O)c2cocc2CO)[C@H](OC(=O)c2ccccc2)[C@@H](OC(=O)c2ccccc2)[C@@H]1OC(=O)c1ccccc1)c1ccccc1. The highest BCUT2D eigenvalue weighted by Crippen LogP contribution is 2.37. The predicted molar refractivity (Wildman–Crippen MR) is 182 cm³/mol. The Hall–Kier alpha value is -6.08. The van der Waals surface area contributed by atoms with E-state index in [1.807, 2.05) is 0 Å². The van der Waals surface area contributed by atoms with Crippen LogP contribution in [-0.4, -0.2) is 71.2 Å². The van der Waals surface area contributed by atoms with Crippen molar-refractivity contribution in [3.63, 3.8) is 0 Å². The molecule has 6 atom stereocenters. The van der Waals surface area contributed by atoms with Gasteiger partial charge in [0.1, 0.15) is 24.9 Å². The van der Waals surface area contributed by atoms with Crippen molar-refractivity contribution >= 4 is 23.9 Å². The third-order valence-corrected chi connectivity index (χ3v) is 8.39. The second kappa shape index (κ2) is 16.8. The number of hydrogen-bond acceptors (Lipinski definition) is 12. The summed E-state index contributed by atoms with van der Waals surface area (Å²) in [4.78, 5) is 54.1. The molecule has 266 valence electrons. The largest absolute Gasteiger partial charge is 0.472 e. The number of aliphatic hydroxyl groups excluding tert-OH is 2. The van der Waals surface area contributed by atoms with Gasteiger partial charge in [-0.25, -0.2) is 19.2 Å². The van der Waals surface area contributed by atoms with Gasteiger partial charge < -0.3 is 38.3 Å². The number of hydrogen-bond donors (Lipinski definition) is 2. The highest BCUT2D eigenvalue weighted by atomic mass is 16.7. The van der Waals surface area contributed by atoms with E-state index < -0.39 is 73.7 Å². The van der Waals surface area contributed by atoms with Gasteiger partial charge >= 0.3 is 23.9 Å². The second-order valence-electron chi connectivity index (χ2n) is 11.8. The second-order valence-corrected chi connectivity index (χ2v) is 11.8. The fourth-order valence-electron chi connectivity index (χ4n) is 5.75. The molecule has 4 aromatic carbocycles. The smallest absolute Gasteiger partial charge is 0.338 e. The molecular formula is C40H34O12. The van der Waals surface area contributed by atoms with Crippen LogP contribution in [0.1, 0.15) is 58.7 Å². The topological polar surface area (TPSA) is 168 Å². The van der Waals surface area contributed by atoms with Crippen molar-refractivity contribution in [1.29, 1.82) is 0 Å². The minimum Gasteiger partial charge on any atom is -0.472 e. The van der Waals surface area contributed by atoms with Gasteiger partial charge in [0.15, 0.2) is 18.3 Å². The molecule has 1 aliphatic heterocycles. The Bertz CT molecular complexity index is 1950. The summed E-state index contributed by atoms with van der Waals surface area (Å²) < 4.78 is 35.3. The molecule has 12 heteroatoms. The van der Waals surface area contributed by atoms with Crippen LogP contribution in [0.2, 0.25) is 0 Å². The van der Waals surface area contributed by atoms with Crippen molar-refractivity contribution < 1.29 is 57.5 Å². The van der Waals surface area contributed by atoms with E-state index >= 15 is 0 Å². The van der Waals surface area contributed by atoms with Crippen LogP contribution >= 0.6 is 0 Å². The third kappa shape index (κ3) is 8.27. The molecule has 52 heavy (non-hydrogen) atoms. The molecule has 6 rings (SSSR count). The maximum atomic E-state index is 13.7. The van der Waals surface area contributed by atoms with Crippen molar-refractivity contribution in [2.24, 2.45) is 0 Å². The van der Waals surface area contributed by atoms with E-state index in [4.69, 9.17) is 28.1 Å². The number of rotatable bonds is 12. The van der Waals surface area contributed by atoms with E-state index in [1.165, 1.54) is 48.9 Å². The van der Waals surface area contributed by atoms with Crippen LogP contribution in [0.3, 0.4) is 0 Å². The Morgan fingerprint density at radius 3 is 1.46 bits per heavy atom. The number of furan rings is 1. The monoisotopic (exact) mass is 706 g/mol. The van der Waals surface area contributed by atoms with E-state index in [1.54, 1.807) is 84.9 Å². The summed E-state index contributed by atoms with van der Waals surface area (Å²) in [5.41, 5.74) is 0.895. The lowest BCUT2D eigenvalue weighted by Gasteiger charge is -2.46. The van der Waals surface area contributed by atoms with Gasteiger partial charge in [-0.1, -0.05) is 72.8 Å². The minimum absolute atomic E-state index is 0.0844. The Balaban J connectivity index is 1.45. The maximum Gasteiger partial charge on any atom is 0.338 e. The molecule has 0 saturated carbocycles. The molecule has 1 aliphatic rings.